The molecule has 3 rings (SSSR count). The Kier molecular flexibility index (Phi) is 3.95. The zero-order valence-corrected chi connectivity index (χ0v) is 12.1. The molecule has 2 aromatic heterocycles. The SMILES string of the molecule is Cc1noc(CCC(=O)Nc2cccc(-n3cccn3)c2)n1. The molecule has 0 aliphatic heterocycles. The smallest absolute Gasteiger partial charge is 0.227 e. The summed E-state index contributed by atoms with van der Waals surface area (Å²) in [5, 5.41) is 10.7. The maximum absolute atomic E-state index is 12.0. The van der Waals surface area contributed by atoms with E-state index >= 15 is 0 Å². The van der Waals surface area contributed by atoms with E-state index < -0.39 is 0 Å². The monoisotopic (exact) mass is 297 g/mol. The number of hydrogen-bond donors (Lipinski definition) is 1. The van der Waals surface area contributed by atoms with Gasteiger partial charge in [0.1, 0.15) is 0 Å². The van der Waals surface area contributed by atoms with E-state index in [2.05, 4.69) is 20.6 Å². The molecule has 0 unspecified atom stereocenters. The number of aryl methyl sites for hydroxylation is 2. The number of nitrogens with zero attached hydrogens (tertiary/aromatic N) is 4. The summed E-state index contributed by atoms with van der Waals surface area (Å²) in [6.45, 7) is 1.74. The van der Waals surface area contributed by atoms with Crippen molar-refractivity contribution in [3.63, 3.8) is 0 Å². The Morgan fingerprint density at radius 2 is 2.27 bits per heavy atom. The molecule has 1 N–H and O–H groups in total. The first-order chi connectivity index (χ1) is 10.7. The molecule has 0 aliphatic rings. The summed E-state index contributed by atoms with van der Waals surface area (Å²) >= 11 is 0. The fourth-order valence-electron chi connectivity index (χ4n) is 2.03. The van der Waals surface area contributed by atoms with Crippen molar-refractivity contribution in [2.45, 2.75) is 19.8 Å². The normalized spacial score (nSPS) is 10.6. The van der Waals surface area contributed by atoms with E-state index in [4.69, 9.17) is 4.52 Å². The second kappa shape index (κ2) is 6.21. The molecule has 0 spiro atoms. The van der Waals surface area contributed by atoms with Gasteiger partial charge in [-0.05, 0) is 31.2 Å². The summed E-state index contributed by atoms with van der Waals surface area (Å²) in [6.07, 6.45) is 4.26. The number of benzene rings is 1. The quantitative estimate of drug-likeness (QED) is 0.779. The van der Waals surface area contributed by atoms with Gasteiger partial charge in [0.05, 0.1) is 5.69 Å². The zero-order chi connectivity index (χ0) is 15.4. The number of rotatable bonds is 5. The van der Waals surface area contributed by atoms with E-state index in [0.29, 0.717) is 18.1 Å². The van der Waals surface area contributed by atoms with Crippen LogP contribution in [0.5, 0.6) is 0 Å². The van der Waals surface area contributed by atoms with E-state index in [-0.39, 0.29) is 12.3 Å². The third-order valence-electron chi connectivity index (χ3n) is 3.03. The van der Waals surface area contributed by atoms with Crippen LogP contribution in [0.15, 0.2) is 47.2 Å². The van der Waals surface area contributed by atoms with E-state index in [1.54, 1.807) is 17.8 Å². The van der Waals surface area contributed by atoms with Gasteiger partial charge in [-0.2, -0.15) is 10.1 Å². The lowest BCUT2D eigenvalue weighted by Gasteiger charge is -2.07. The van der Waals surface area contributed by atoms with Crippen molar-refractivity contribution in [3.8, 4) is 5.69 Å². The van der Waals surface area contributed by atoms with Crippen molar-refractivity contribution in [2.75, 3.05) is 5.32 Å². The molecule has 3 aromatic rings. The van der Waals surface area contributed by atoms with Gasteiger partial charge < -0.3 is 9.84 Å². The minimum absolute atomic E-state index is 0.103. The van der Waals surface area contributed by atoms with E-state index in [9.17, 15) is 4.79 Å². The minimum atomic E-state index is -0.103. The Balaban J connectivity index is 1.60. The van der Waals surface area contributed by atoms with Gasteiger partial charge >= 0.3 is 0 Å². The summed E-state index contributed by atoms with van der Waals surface area (Å²) in [5.74, 6) is 0.939. The number of anilines is 1. The number of amides is 1. The summed E-state index contributed by atoms with van der Waals surface area (Å²) in [6, 6.07) is 9.33. The predicted octanol–water partition coefficient (Wildman–Crippen LogP) is 2.14. The van der Waals surface area contributed by atoms with Gasteiger partial charge in [0, 0.05) is 30.9 Å². The molecule has 7 heteroatoms. The first-order valence-corrected chi connectivity index (χ1v) is 6.90. The van der Waals surface area contributed by atoms with Gasteiger partial charge in [0.2, 0.25) is 11.8 Å². The van der Waals surface area contributed by atoms with Crippen molar-refractivity contribution in [2.24, 2.45) is 0 Å². The third-order valence-corrected chi connectivity index (χ3v) is 3.03. The third kappa shape index (κ3) is 3.38. The van der Waals surface area contributed by atoms with Gasteiger partial charge in [-0.1, -0.05) is 11.2 Å². The molecule has 0 fully saturated rings. The average molecular weight is 297 g/mol. The van der Waals surface area contributed by atoms with Crippen LogP contribution in [0.2, 0.25) is 0 Å². The summed E-state index contributed by atoms with van der Waals surface area (Å²) < 4.78 is 6.71. The predicted molar refractivity (Wildman–Crippen MR) is 79.5 cm³/mol. The molecule has 112 valence electrons. The highest BCUT2D eigenvalue weighted by atomic mass is 16.5. The Bertz CT molecular complexity index is 764. The molecular weight excluding hydrogens is 282 g/mol. The van der Waals surface area contributed by atoms with Crippen LogP contribution in [-0.4, -0.2) is 25.8 Å². The summed E-state index contributed by atoms with van der Waals surface area (Å²) in [4.78, 5) is 16.0. The fourth-order valence-corrected chi connectivity index (χ4v) is 2.03. The maximum atomic E-state index is 12.0. The van der Waals surface area contributed by atoms with Gasteiger partial charge in [-0.25, -0.2) is 4.68 Å². The first-order valence-electron chi connectivity index (χ1n) is 6.90. The summed E-state index contributed by atoms with van der Waals surface area (Å²) in [7, 11) is 0. The van der Waals surface area contributed by atoms with Crippen LogP contribution in [-0.2, 0) is 11.2 Å². The van der Waals surface area contributed by atoms with Crippen LogP contribution in [0.3, 0.4) is 0 Å². The van der Waals surface area contributed by atoms with Crippen molar-refractivity contribution in [1.29, 1.82) is 0 Å². The lowest BCUT2D eigenvalue weighted by atomic mass is 10.2. The second-order valence-corrected chi connectivity index (χ2v) is 4.78. The Hall–Kier alpha value is -2.96. The zero-order valence-electron chi connectivity index (χ0n) is 12.1. The lowest BCUT2D eigenvalue weighted by molar-refractivity contribution is -0.116. The molecule has 1 aromatic carbocycles. The van der Waals surface area contributed by atoms with Crippen LogP contribution in [0.1, 0.15) is 18.1 Å². The first kappa shape index (κ1) is 14.0. The molecule has 1 amide bonds. The highest BCUT2D eigenvalue weighted by Gasteiger charge is 2.08. The number of carbonyl (C=O) groups is 1. The number of nitrogens with one attached hydrogen (secondary N) is 1. The Morgan fingerprint density at radius 3 is 3.00 bits per heavy atom. The largest absolute Gasteiger partial charge is 0.339 e. The number of aromatic nitrogens is 4. The standard InChI is InChI=1S/C15H15N5O2/c1-11-17-15(22-19-11)7-6-14(21)18-12-4-2-5-13(10-12)20-9-3-8-16-20/h2-5,8-10H,6-7H2,1H3,(H,18,21). The molecule has 0 radical (unpaired) electrons. The van der Waals surface area contributed by atoms with Crippen LogP contribution in [0, 0.1) is 6.92 Å². The van der Waals surface area contributed by atoms with Gasteiger partial charge in [0.25, 0.3) is 0 Å². The van der Waals surface area contributed by atoms with Crippen LogP contribution in [0.4, 0.5) is 5.69 Å². The maximum Gasteiger partial charge on any atom is 0.227 e. The van der Waals surface area contributed by atoms with Crippen LogP contribution in [0.25, 0.3) is 5.69 Å². The number of carbonyl (C=O) groups excluding carboxylic acids is 1. The van der Waals surface area contributed by atoms with Gasteiger partial charge in [-0.15, -0.1) is 0 Å². The van der Waals surface area contributed by atoms with E-state index in [1.807, 2.05) is 36.5 Å². The van der Waals surface area contributed by atoms with Crippen molar-refractivity contribution in [1.82, 2.24) is 19.9 Å². The fraction of sp³-hybridized carbons (Fsp3) is 0.200. The molecule has 22 heavy (non-hydrogen) atoms. The van der Waals surface area contributed by atoms with Crippen molar-refractivity contribution >= 4 is 11.6 Å². The molecular formula is C15H15N5O2. The minimum Gasteiger partial charge on any atom is -0.339 e. The molecule has 2 heterocycles. The van der Waals surface area contributed by atoms with Crippen LogP contribution < -0.4 is 5.32 Å². The summed E-state index contributed by atoms with van der Waals surface area (Å²) in [5.41, 5.74) is 1.61. The highest BCUT2D eigenvalue weighted by Crippen LogP contribution is 2.14. The van der Waals surface area contributed by atoms with Gasteiger partial charge in [-0.3, -0.25) is 4.79 Å². The topological polar surface area (TPSA) is 85.8 Å². The second-order valence-electron chi connectivity index (χ2n) is 4.78. The van der Waals surface area contributed by atoms with Crippen molar-refractivity contribution in [3.05, 3.63) is 54.4 Å². The molecule has 0 aliphatic carbocycles. The molecule has 0 saturated heterocycles. The Labute approximate surface area is 127 Å². The molecule has 0 bridgehead atoms. The molecule has 0 atom stereocenters. The highest BCUT2D eigenvalue weighted by molar-refractivity contribution is 5.91. The average Bonchev–Trinajstić information content (AvgIpc) is 3.17. The molecule has 7 nitrogen and oxygen atoms in total. The Morgan fingerprint density at radius 1 is 1.36 bits per heavy atom. The van der Waals surface area contributed by atoms with E-state index in [1.165, 1.54) is 0 Å². The molecule has 0 saturated carbocycles. The van der Waals surface area contributed by atoms with E-state index in [0.717, 1.165) is 11.4 Å². The van der Waals surface area contributed by atoms with Crippen LogP contribution >= 0.6 is 0 Å². The van der Waals surface area contributed by atoms with Crippen molar-refractivity contribution < 1.29 is 9.32 Å². The lowest BCUT2D eigenvalue weighted by Crippen LogP contribution is -2.12. The van der Waals surface area contributed by atoms with Gasteiger partial charge in [0.15, 0.2) is 5.82 Å². The number of hydrogen-bond acceptors (Lipinski definition) is 5.